The van der Waals surface area contributed by atoms with Crippen LogP contribution in [0.25, 0.3) is 0 Å². The van der Waals surface area contributed by atoms with Crippen LogP contribution in [0.1, 0.15) is 44.0 Å². The summed E-state index contributed by atoms with van der Waals surface area (Å²) in [6.45, 7) is 5.78. The molecule has 2 aliphatic rings. The van der Waals surface area contributed by atoms with Gasteiger partial charge in [-0.25, -0.2) is 13.9 Å². The van der Waals surface area contributed by atoms with Gasteiger partial charge in [0.1, 0.15) is 18.1 Å². The van der Waals surface area contributed by atoms with Crippen LogP contribution >= 0.6 is 7.82 Å². The Hall–Kier alpha value is -2.27. The lowest BCUT2D eigenvalue weighted by Crippen LogP contribution is -2.45. The molecule has 1 saturated heterocycles. The summed E-state index contributed by atoms with van der Waals surface area (Å²) < 4.78 is 34.7. The number of H-pyrrole nitrogens is 1. The molecule has 11 nitrogen and oxygen atoms in total. The van der Waals surface area contributed by atoms with Crippen LogP contribution in [0.5, 0.6) is 5.75 Å². The molecule has 4 rings (SSSR count). The van der Waals surface area contributed by atoms with Crippen LogP contribution < -0.4 is 15.8 Å². The van der Waals surface area contributed by atoms with Gasteiger partial charge in [0, 0.05) is 17.8 Å². The maximum Gasteiger partial charge on any atom is 0.534 e. The van der Waals surface area contributed by atoms with Gasteiger partial charge in [0.15, 0.2) is 0 Å². The van der Waals surface area contributed by atoms with Gasteiger partial charge in [0.05, 0.1) is 6.61 Å². The molecule has 2 aromatic rings. The Balaban J connectivity index is 0.00000132. The number of aromatic amines is 1. The monoisotopic (exact) mass is 456 g/mol. The van der Waals surface area contributed by atoms with Crippen molar-refractivity contribution in [3.63, 3.8) is 0 Å². The third kappa shape index (κ3) is 5.15. The zero-order valence-corrected chi connectivity index (χ0v) is 18.2. The van der Waals surface area contributed by atoms with E-state index in [2.05, 4.69) is 4.98 Å². The van der Waals surface area contributed by atoms with Crippen molar-refractivity contribution >= 4 is 7.82 Å². The lowest BCUT2D eigenvalue weighted by Gasteiger charge is -2.32. The molecule has 3 unspecified atom stereocenters. The second kappa shape index (κ2) is 9.07. The maximum atomic E-state index is 12.8. The number of benzene rings is 1. The minimum absolute atomic E-state index is 0.0685. The van der Waals surface area contributed by atoms with E-state index in [0.29, 0.717) is 5.56 Å². The van der Waals surface area contributed by atoms with Crippen molar-refractivity contribution in [3.8, 4) is 5.75 Å². The van der Waals surface area contributed by atoms with E-state index in [1.807, 2.05) is 20.8 Å². The first-order valence-electron chi connectivity index (χ1n) is 9.81. The molecule has 0 radical (unpaired) electrons. The van der Waals surface area contributed by atoms with Crippen LogP contribution in [-0.4, -0.2) is 31.8 Å². The van der Waals surface area contributed by atoms with E-state index in [4.69, 9.17) is 18.3 Å². The van der Waals surface area contributed by atoms with Gasteiger partial charge in [-0.15, -0.1) is 0 Å². The Kier molecular flexibility index (Phi) is 6.85. The number of phosphoric acid groups is 1. The molecule has 3 atom stereocenters. The predicted molar refractivity (Wildman–Crippen MR) is 108 cm³/mol. The molecule has 170 valence electrons. The van der Waals surface area contributed by atoms with Crippen molar-refractivity contribution < 1.29 is 33.1 Å². The first kappa shape index (κ1) is 23.4. The third-order valence-electron chi connectivity index (χ3n) is 4.63. The normalized spacial score (nSPS) is 25.2. The van der Waals surface area contributed by atoms with Gasteiger partial charge in [-0.3, -0.25) is 18.9 Å². The zero-order valence-electron chi connectivity index (χ0n) is 17.3. The molecule has 1 fully saturated rings. The smallest absolute Gasteiger partial charge is 0.404 e. The van der Waals surface area contributed by atoms with Crippen molar-refractivity contribution in [2.75, 3.05) is 0 Å². The summed E-state index contributed by atoms with van der Waals surface area (Å²) in [5.74, 6) is -2.75. The summed E-state index contributed by atoms with van der Waals surface area (Å²) in [5, 5.41) is 20.7. The van der Waals surface area contributed by atoms with E-state index in [1.165, 1.54) is 6.20 Å². The SMILES string of the molecule is CC.Cc1ccc2c(c1)COP(=O)(OC(O)(O)C1CCC(n3ccc(=O)[nH]c3=O)O1)O2. The molecule has 1 aromatic heterocycles. The van der Waals surface area contributed by atoms with Crippen molar-refractivity contribution in [1.82, 2.24) is 9.55 Å². The molecule has 0 aliphatic carbocycles. The molecule has 3 N–H and O–H groups in total. The zero-order chi connectivity index (χ0) is 22.8. The number of aliphatic hydroxyl groups is 2. The Morgan fingerprint density at radius 1 is 1.23 bits per heavy atom. The van der Waals surface area contributed by atoms with Gasteiger partial charge >= 0.3 is 19.5 Å². The van der Waals surface area contributed by atoms with Crippen molar-refractivity contribution in [3.05, 3.63) is 62.4 Å². The molecule has 31 heavy (non-hydrogen) atoms. The van der Waals surface area contributed by atoms with Gasteiger partial charge in [0.2, 0.25) is 0 Å². The van der Waals surface area contributed by atoms with Crippen molar-refractivity contribution in [1.29, 1.82) is 0 Å². The lowest BCUT2D eigenvalue weighted by molar-refractivity contribution is -0.349. The highest BCUT2D eigenvalue weighted by Crippen LogP contribution is 2.57. The molecular formula is C19H25N2O9P. The minimum Gasteiger partial charge on any atom is -0.404 e. The average molecular weight is 456 g/mol. The van der Waals surface area contributed by atoms with Crippen LogP contribution in [0.15, 0.2) is 40.1 Å². The number of phosphoric ester groups is 1. The van der Waals surface area contributed by atoms with E-state index in [9.17, 15) is 24.4 Å². The Labute approximate surface area is 177 Å². The van der Waals surface area contributed by atoms with Crippen molar-refractivity contribution in [2.45, 2.75) is 58.5 Å². The molecule has 1 aromatic carbocycles. The van der Waals surface area contributed by atoms with E-state index in [0.717, 1.165) is 16.2 Å². The number of hydrogen-bond donors (Lipinski definition) is 3. The van der Waals surface area contributed by atoms with Gasteiger partial charge in [-0.05, 0) is 25.8 Å². The fraction of sp³-hybridized carbons (Fsp3) is 0.474. The van der Waals surface area contributed by atoms with Crippen LogP contribution in [0.4, 0.5) is 0 Å². The Bertz CT molecular complexity index is 1090. The van der Waals surface area contributed by atoms with Gasteiger partial charge in [0.25, 0.3) is 5.56 Å². The topological polar surface area (TPSA) is 149 Å². The second-order valence-corrected chi connectivity index (χ2v) is 8.36. The van der Waals surface area contributed by atoms with Crippen molar-refractivity contribution in [2.24, 2.45) is 0 Å². The number of rotatable bonds is 4. The number of nitrogens with one attached hydrogen (secondary N) is 1. The van der Waals surface area contributed by atoms with Gasteiger partial charge in [-0.1, -0.05) is 31.5 Å². The molecular weight excluding hydrogens is 431 g/mol. The van der Waals surface area contributed by atoms with Crippen LogP contribution in [-0.2, 0) is 25.0 Å². The summed E-state index contributed by atoms with van der Waals surface area (Å²) in [6, 6.07) is 6.26. The number of fused-ring (bicyclic) bond motifs is 1. The summed E-state index contributed by atoms with van der Waals surface area (Å²) in [7, 11) is -4.34. The highest BCUT2D eigenvalue weighted by Gasteiger charge is 2.50. The summed E-state index contributed by atoms with van der Waals surface area (Å²) in [6.07, 6.45) is -0.691. The highest BCUT2D eigenvalue weighted by atomic mass is 31.2. The number of aryl methyl sites for hydroxylation is 1. The number of ether oxygens (including phenoxy) is 1. The van der Waals surface area contributed by atoms with Crippen LogP contribution in [0, 0.1) is 6.92 Å². The van der Waals surface area contributed by atoms with Gasteiger partial charge in [-0.2, -0.15) is 0 Å². The number of nitrogens with zero attached hydrogens (tertiary/aromatic N) is 1. The summed E-state index contributed by atoms with van der Waals surface area (Å²) in [4.78, 5) is 25.1. The molecule has 3 heterocycles. The number of hydrogen-bond acceptors (Lipinski definition) is 9. The molecule has 0 bridgehead atoms. The number of aromatic nitrogens is 2. The maximum absolute atomic E-state index is 12.8. The second-order valence-electron chi connectivity index (χ2n) is 6.85. The fourth-order valence-electron chi connectivity index (χ4n) is 3.23. The van der Waals surface area contributed by atoms with E-state index >= 15 is 0 Å². The van der Waals surface area contributed by atoms with Crippen LogP contribution in [0.2, 0.25) is 0 Å². The molecule has 2 aliphatic heterocycles. The van der Waals surface area contributed by atoms with E-state index in [-0.39, 0.29) is 25.2 Å². The lowest BCUT2D eigenvalue weighted by atomic mass is 10.1. The Morgan fingerprint density at radius 3 is 2.68 bits per heavy atom. The highest BCUT2D eigenvalue weighted by molar-refractivity contribution is 7.49. The standard InChI is InChI=1S/C17H19N2O9P.C2H6/c1-10-2-3-12-11(8-10)9-25-29(24,27-12)28-17(22,23)13-4-5-15(26-13)19-7-6-14(20)18-16(19)21;1-2/h2-3,6-8,13,15,22-23H,4-5,9H2,1H3,(H,18,20,21);1-2H3. The minimum atomic E-state index is -4.34. The molecule has 12 heteroatoms. The quantitative estimate of drug-likeness (QED) is 0.463. The fourth-order valence-corrected chi connectivity index (χ4v) is 4.53. The molecule has 0 amide bonds. The van der Waals surface area contributed by atoms with E-state index in [1.54, 1.807) is 18.2 Å². The summed E-state index contributed by atoms with van der Waals surface area (Å²) >= 11 is 0. The van der Waals surface area contributed by atoms with Crippen LogP contribution in [0.3, 0.4) is 0 Å². The largest absolute Gasteiger partial charge is 0.534 e. The molecule has 0 spiro atoms. The van der Waals surface area contributed by atoms with Gasteiger partial charge < -0.3 is 19.5 Å². The third-order valence-corrected chi connectivity index (χ3v) is 5.99. The molecule has 0 saturated carbocycles. The predicted octanol–water partition coefficient (Wildman–Crippen LogP) is 1.92. The van der Waals surface area contributed by atoms with E-state index < -0.39 is 37.4 Å². The average Bonchev–Trinajstić information content (AvgIpc) is 3.20. The first-order chi connectivity index (χ1) is 14.7. The summed E-state index contributed by atoms with van der Waals surface area (Å²) in [5.41, 5.74) is 0.332. The first-order valence-corrected chi connectivity index (χ1v) is 11.3. The Morgan fingerprint density at radius 2 is 1.97 bits per heavy atom.